The van der Waals surface area contributed by atoms with Crippen molar-refractivity contribution in [3.05, 3.63) is 0 Å². The van der Waals surface area contributed by atoms with Gasteiger partial charge in [0, 0.05) is 6.04 Å². The average Bonchev–Trinajstić information content (AvgIpc) is 2.96. The summed E-state index contributed by atoms with van der Waals surface area (Å²) in [6, 6.07) is 0.838. The molecule has 0 radical (unpaired) electrons. The van der Waals surface area contributed by atoms with Gasteiger partial charge in [-0.15, -0.1) is 0 Å². The molecule has 0 heterocycles. The average molecular weight is 263 g/mol. The summed E-state index contributed by atoms with van der Waals surface area (Å²) < 4.78 is 0. The highest BCUT2D eigenvalue weighted by atomic mass is 14.9. The minimum absolute atomic E-state index is 0.838. The van der Waals surface area contributed by atoms with Crippen LogP contribution in [-0.2, 0) is 0 Å². The van der Waals surface area contributed by atoms with Crippen molar-refractivity contribution in [3.63, 3.8) is 0 Å². The van der Waals surface area contributed by atoms with Gasteiger partial charge in [-0.3, -0.25) is 0 Å². The van der Waals surface area contributed by atoms with Crippen LogP contribution < -0.4 is 5.32 Å². The van der Waals surface area contributed by atoms with E-state index < -0.39 is 0 Å². The van der Waals surface area contributed by atoms with Crippen LogP contribution in [0.15, 0.2) is 0 Å². The maximum absolute atomic E-state index is 3.92. The van der Waals surface area contributed by atoms with Crippen LogP contribution in [0.4, 0.5) is 0 Å². The molecule has 0 aromatic rings. The molecule has 0 aliphatic heterocycles. The Kier molecular flexibility index (Phi) is 4.22. The number of rotatable bonds is 4. The largest absolute Gasteiger partial charge is 0.314 e. The van der Waals surface area contributed by atoms with E-state index in [1.54, 1.807) is 12.8 Å². The van der Waals surface area contributed by atoms with Gasteiger partial charge in [-0.05, 0) is 80.6 Å². The first-order valence-corrected chi connectivity index (χ1v) is 8.90. The predicted molar refractivity (Wildman–Crippen MR) is 82.1 cm³/mol. The first-order valence-electron chi connectivity index (χ1n) is 8.90. The van der Waals surface area contributed by atoms with E-state index in [0.29, 0.717) is 0 Å². The van der Waals surface area contributed by atoms with Gasteiger partial charge < -0.3 is 5.32 Å². The van der Waals surface area contributed by atoms with Crippen LogP contribution in [0, 0.1) is 35.5 Å². The smallest absolute Gasteiger partial charge is 0.0126 e. The zero-order valence-electron chi connectivity index (χ0n) is 13.2. The Hall–Kier alpha value is -0.0400. The first kappa shape index (κ1) is 13.9. The molecule has 6 atom stereocenters. The number of nitrogens with one attached hydrogen (secondary N) is 1. The summed E-state index contributed by atoms with van der Waals surface area (Å²) in [5.74, 6) is 6.04. The molecule has 0 aromatic heterocycles. The van der Waals surface area contributed by atoms with E-state index in [0.717, 1.165) is 48.1 Å². The fourth-order valence-corrected chi connectivity index (χ4v) is 5.94. The van der Waals surface area contributed by atoms with E-state index in [1.807, 2.05) is 0 Å². The third-order valence-electron chi connectivity index (χ3n) is 6.42. The van der Waals surface area contributed by atoms with E-state index in [1.165, 1.54) is 32.1 Å². The maximum atomic E-state index is 3.92. The van der Waals surface area contributed by atoms with Crippen molar-refractivity contribution in [1.82, 2.24) is 5.32 Å². The molecule has 1 N–H and O–H groups in total. The van der Waals surface area contributed by atoms with Gasteiger partial charge in [0.2, 0.25) is 0 Å². The summed E-state index contributed by atoms with van der Waals surface area (Å²) in [5.41, 5.74) is 0. The van der Waals surface area contributed by atoms with Crippen LogP contribution in [0.2, 0.25) is 0 Å². The zero-order chi connectivity index (χ0) is 13.4. The topological polar surface area (TPSA) is 12.0 Å². The van der Waals surface area contributed by atoms with Gasteiger partial charge in [0.15, 0.2) is 0 Å². The van der Waals surface area contributed by atoms with Crippen molar-refractivity contribution in [2.75, 3.05) is 6.54 Å². The molecule has 2 bridgehead atoms. The molecule has 19 heavy (non-hydrogen) atoms. The third kappa shape index (κ3) is 2.86. The number of fused-ring (bicyclic) bond motifs is 2. The molecule has 110 valence electrons. The summed E-state index contributed by atoms with van der Waals surface area (Å²) >= 11 is 0. The van der Waals surface area contributed by atoms with E-state index in [2.05, 4.69) is 26.1 Å². The Labute approximate surface area is 119 Å². The second-order valence-electron chi connectivity index (χ2n) is 8.10. The fourth-order valence-electron chi connectivity index (χ4n) is 5.94. The van der Waals surface area contributed by atoms with Crippen molar-refractivity contribution in [2.24, 2.45) is 35.5 Å². The molecule has 0 saturated heterocycles. The standard InChI is InChI=1S/C18H33N/c1-4-19-18(16-8-12(2)7-13(3)9-16)17-11-14-5-6-15(17)10-14/h12-19H,4-11H2,1-3H3. The van der Waals surface area contributed by atoms with E-state index in [-0.39, 0.29) is 0 Å². The number of hydrogen-bond acceptors (Lipinski definition) is 1. The summed E-state index contributed by atoms with van der Waals surface area (Å²) in [5, 5.41) is 3.92. The Morgan fingerprint density at radius 2 is 1.68 bits per heavy atom. The lowest BCUT2D eigenvalue weighted by atomic mass is 9.68. The van der Waals surface area contributed by atoms with E-state index in [9.17, 15) is 0 Å². The fraction of sp³-hybridized carbons (Fsp3) is 1.00. The lowest BCUT2D eigenvalue weighted by Crippen LogP contribution is -2.46. The van der Waals surface area contributed by atoms with Crippen LogP contribution in [0.5, 0.6) is 0 Å². The minimum atomic E-state index is 0.838. The summed E-state index contributed by atoms with van der Waals surface area (Å²) in [7, 11) is 0. The van der Waals surface area contributed by atoms with Crippen LogP contribution >= 0.6 is 0 Å². The second kappa shape index (κ2) is 5.76. The van der Waals surface area contributed by atoms with Gasteiger partial charge in [0.1, 0.15) is 0 Å². The molecule has 0 amide bonds. The first-order chi connectivity index (χ1) is 9.17. The minimum Gasteiger partial charge on any atom is -0.314 e. The van der Waals surface area contributed by atoms with Crippen LogP contribution in [0.3, 0.4) is 0 Å². The molecule has 3 rings (SSSR count). The SMILES string of the molecule is CCNC(C1CC(C)CC(C)C1)C1CC2CCC1C2. The predicted octanol–water partition coefficient (Wildman–Crippen LogP) is 4.47. The van der Waals surface area contributed by atoms with Crippen LogP contribution in [0.1, 0.15) is 65.7 Å². The van der Waals surface area contributed by atoms with Crippen molar-refractivity contribution in [1.29, 1.82) is 0 Å². The van der Waals surface area contributed by atoms with Gasteiger partial charge >= 0.3 is 0 Å². The normalized spacial score (nSPS) is 47.5. The van der Waals surface area contributed by atoms with Crippen molar-refractivity contribution in [2.45, 2.75) is 71.8 Å². The highest BCUT2D eigenvalue weighted by Gasteiger charge is 2.45. The van der Waals surface area contributed by atoms with Crippen molar-refractivity contribution < 1.29 is 0 Å². The summed E-state index contributed by atoms with van der Waals surface area (Å²) in [6.07, 6.45) is 10.6. The van der Waals surface area contributed by atoms with Crippen LogP contribution in [-0.4, -0.2) is 12.6 Å². The Bertz CT molecular complexity index is 290. The van der Waals surface area contributed by atoms with E-state index in [4.69, 9.17) is 0 Å². The van der Waals surface area contributed by atoms with E-state index >= 15 is 0 Å². The highest BCUT2D eigenvalue weighted by Crippen LogP contribution is 2.52. The highest BCUT2D eigenvalue weighted by molar-refractivity contribution is 4.98. The lowest BCUT2D eigenvalue weighted by molar-refractivity contribution is 0.119. The number of hydrogen-bond donors (Lipinski definition) is 1. The quantitative estimate of drug-likeness (QED) is 0.789. The van der Waals surface area contributed by atoms with Crippen molar-refractivity contribution in [3.8, 4) is 0 Å². The molecule has 3 aliphatic rings. The molecule has 0 spiro atoms. The molecule has 0 aromatic carbocycles. The van der Waals surface area contributed by atoms with Gasteiger partial charge in [-0.2, -0.15) is 0 Å². The molecule has 1 nitrogen and oxygen atoms in total. The molecule has 3 saturated carbocycles. The molecular weight excluding hydrogens is 230 g/mol. The monoisotopic (exact) mass is 263 g/mol. The van der Waals surface area contributed by atoms with Gasteiger partial charge in [0.25, 0.3) is 0 Å². The molecule has 6 unspecified atom stereocenters. The maximum Gasteiger partial charge on any atom is 0.0126 e. The van der Waals surface area contributed by atoms with Gasteiger partial charge in [-0.1, -0.05) is 27.2 Å². The summed E-state index contributed by atoms with van der Waals surface area (Å²) in [4.78, 5) is 0. The zero-order valence-corrected chi connectivity index (χ0v) is 13.2. The van der Waals surface area contributed by atoms with Crippen LogP contribution in [0.25, 0.3) is 0 Å². The third-order valence-corrected chi connectivity index (χ3v) is 6.42. The Morgan fingerprint density at radius 3 is 2.21 bits per heavy atom. The summed E-state index contributed by atoms with van der Waals surface area (Å²) in [6.45, 7) is 8.42. The molecule has 3 aliphatic carbocycles. The molecular formula is C18H33N. The Morgan fingerprint density at radius 1 is 0.947 bits per heavy atom. The molecule has 3 fully saturated rings. The second-order valence-corrected chi connectivity index (χ2v) is 8.10. The van der Waals surface area contributed by atoms with Gasteiger partial charge in [0.05, 0.1) is 0 Å². The molecule has 1 heteroatoms. The van der Waals surface area contributed by atoms with Gasteiger partial charge in [-0.25, -0.2) is 0 Å². The lowest BCUT2D eigenvalue weighted by Gasteiger charge is -2.42. The Balaban J connectivity index is 1.69. The van der Waals surface area contributed by atoms with Crippen molar-refractivity contribution >= 4 is 0 Å².